The highest BCUT2D eigenvalue weighted by Crippen LogP contribution is 2.22. The van der Waals surface area contributed by atoms with E-state index in [2.05, 4.69) is 17.1 Å². The highest BCUT2D eigenvalue weighted by molar-refractivity contribution is 5.95. The van der Waals surface area contributed by atoms with Crippen molar-refractivity contribution in [3.8, 4) is 0 Å². The van der Waals surface area contributed by atoms with Crippen LogP contribution in [0.15, 0.2) is 48.8 Å². The summed E-state index contributed by atoms with van der Waals surface area (Å²) in [5, 5.41) is 0. The van der Waals surface area contributed by atoms with Gasteiger partial charge in [0.25, 0.3) is 5.91 Å². The molecule has 1 aromatic heterocycles. The number of nitrogens with zero attached hydrogens (tertiary/aromatic N) is 2. The molecule has 0 aliphatic carbocycles. The number of benzene rings is 1. The summed E-state index contributed by atoms with van der Waals surface area (Å²) in [5.41, 5.74) is 2.75. The van der Waals surface area contributed by atoms with Crippen LogP contribution in [-0.4, -0.2) is 34.7 Å². The third-order valence-corrected chi connectivity index (χ3v) is 4.94. The zero-order chi connectivity index (χ0) is 17.6. The van der Waals surface area contributed by atoms with Gasteiger partial charge in [-0.05, 0) is 43.4 Å². The molecule has 0 unspecified atom stereocenters. The van der Waals surface area contributed by atoms with Gasteiger partial charge in [0, 0.05) is 37.8 Å². The molecule has 2 aromatic rings. The topological polar surface area (TPSA) is 50.3 Å². The molecule has 0 radical (unpaired) electrons. The minimum Gasteiger partial charge on any atom is -0.338 e. The average molecular weight is 336 g/mol. The second-order valence-electron chi connectivity index (χ2n) is 6.73. The molecule has 2 heterocycles. The Labute approximate surface area is 148 Å². The van der Waals surface area contributed by atoms with Crippen LogP contribution in [0.1, 0.15) is 40.7 Å². The summed E-state index contributed by atoms with van der Waals surface area (Å²) in [5.74, 6) is 0.216. The molecule has 130 valence electrons. The molecule has 25 heavy (non-hydrogen) atoms. The predicted octanol–water partition coefficient (Wildman–Crippen LogP) is 3.44. The fourth-order valence-corrected chi connectivity index (χ4v) is 3.40. The van der Waals surface area contributed by atoms with E-state index in [-0.39, 0.29) is 17.6 Å². The Morgan fingerprint density at radius 1 is 1.20 bits per heavy atom. The Kier molecular flexibility index (Phi) is 5.59. The molecule has 1 saturated heterocycles. The summed E-state index contributed by atoms with van der Waals surface area (Å²) in [6.45, 7) is 3.16. The van der Waals surface area contributed by atoms with Crippen molar-refractivity contribution >= 4 is 11.7 Å². The molecule has 1 amide bonds. The summed E-state index contributed by atoms with van der Waals surface area (Å²) in [6, 6.07) is 11.9. The number of amides is 1. The third-order valence-electron chi connectivity index (χ3n) is 4.94. The van der Waals surface area contributed by atoms with Crippen LogP contribution in [0.3, 0.4) is 0 Å². The highest BCUT2D eigenvalue weighted by Gasteiger charge is 2.29. The molecule has 4 nitrogen and oxygen atoms in total. The molecule has 4 heteroatoms. The number of rotatable bonds is 5. The van der Waals surface area contributed by atoms with E-state index in [9.17, 15) is 9.59 Å². The van der Waals surface area contributed by atoms with Gasteiger partial charge in [0.15, 0.2) is 0 Å². The van der Waals surface area contributed by atoms with Crippen molar-refractivity contribution < 1.29 is 9.59 Å². The van der Waals surface area contributed by atoms with Crippen molar-refractivity contribution in [1.29, 1.82) is 0 Å². The first-order chi connectivity index (χ1) is 12.1. The largest absolute Gasteiger partial charge is 0.338 e. The molecule has 3 rings (SSSR count). The number of piperidine rings is 1. The maximum Gasteiger partial charge on any atom is 0.255 e. The van der Waals surface area contributed by atoms with Crippen molar-refractivity contribution in [2.75, 3.05) is 13.1 Å². The summed E-state index contributed by atoms with van der Waals surface area (Å²) in [4.78, 5) is 31.2. The normalized spacial score (nSPS) is 17.3. The number of likely N-dealkylation sites (tertiary alicyclic amines) is 1. The predicted molar refractivity (Wildman–Crippen MR) is 97.4 cm³/mol. The minimum absolute atomic E-state index is 0.00819. The van der Waals surface area contributed by atoms with Crippen LogP contribution >= 0.6 is 0 Å². The van der Waals surface area contributed by atoms with Crippen LogP contribution in [0.2, 0.25) is 0 Å². The van der Waals surface area contributed by atoms with E-state index >= 15 is 0 Å². The van der Waals surface area contributed by atoms with Crippen molar-refractivity contribution in [3.63, 3.8) is 0 Å². The Hall–Kier alpha value is -2.49. The number of carbonyl (C=O) groups is 2. The molecule has 1 fully saturated rings. The first kappa shape index (κ1) is 17.3. The fraction of sp³-hybridized carbons (Fsp3) is 0.381. The van der Waals surface area contributed by atoms with Gasteiger partial charge in [-0.25, -0.2) is 0 Å². The molecule has 0 saturated carbocycles. The van der Waals surface area contributed by atoms with Gasteiger partial charge in [0.05, 0.1) is 5.56 Å². The number of aromatic nitrogens is 1. The monoisotopic (exact) mass is 336 g/mol. The van der Waals surface area contributed by atoms with Crippen LogP contribution in [-0.2, 0) is 11.2 Å². The molecular formula is C21H24N2O2. The number of carbonyl (C=O) groups excluding carboxylic acids is 2. The Bertz CT molecular complexity index is 743. The van der Waals surface area contributed by atoms with E-state index in [1.807, 2.05) is 36.1 Å². The van der Waals surface area contributed by atoms with Crippen molar-refractivity contribution in [2.45, 2.75) is 32.6 Å². The number of Topliss-reactive ketones (excluding diaryl/α,β-unsaturated/α-hetero) is 1. The lowest BCUT2D eigenvalue weighted by atomic mass is 9.90. The maximum absolute atomic E-state index is 12.7. The number of aryl methyl sites for hydroxylation is 2. The van der Waals surface area contributed by atoms with Crippen LogP contribution in [0, 0.1) is 12.8 Å². The van der Waals surface area contributed by atoms with Gasteiger partial charge in [-0.3, -0.25) is 14.6 Å². The summed E-state index contributed by atoms with van der Waals surface area (Å²) < 4.78 is 0. The Balaban J connectivity index is 1.60. The van der Waals surface area contributed by atoms with Gasteiger partial charge >= 0.3 is 0 Å². The lowest BCUT2D eigenvalue weighted by Crippen LogP contribution is -2.42. The highest BCUT2D eigenvalue weighted by atomic mass is 16.2. The number of ketones is 1. The maximum atomic E-state index is 12.7. The first-order valence-electron chi connectivity index (χ1n) is 8.91. The van der Waals surface area contributed by atoms with Crippen molar-refractivity contribution in [3.05, 3.63) is 65.5 Å². The van der Waals surface area contributed by atoms with E-state index in [1.54, 1.807) is 12.4 Å². The van der Waals surface area contributed by atoms with E-state index in [4.69, 9.17) is 0 Å². The zero-order valence-corrected chi connectivity index (χ0v) is 14.6. The third kappa shape index (κ3) is 4.32. The van der Waals surface area contributed by atoms with Gasteiger partial charge < -0.3 is 4.90 Å². The minimum atomic E-state index is -0.0432. The second-order valence-corrected chi connectivity index (χ2v) is 6.73. The van der Waals surface area contributed by atoms with Crippen molar-refractivity contribution in [2.24, 2.45) is 5.92 Å². The quantitative estimate of drug-likeness (QED) is 0.840. The molecular weight excluding hydrogens is 312 g/mol. The second kappa shape index (κ2) is 8.06. The van der Waals surface area contributed by atoms with Crippen LogP contribution < -0.4 is 0 Å². The first-order valence-corrected chi connectivity index (χ1v) is 8.91. The van der Waals surface area contributed by atoms with Gasteiger partial charge in [0.1, 0.15) is 5.78 Å². The number of hydrogen-bond donors (Lipinski definition) is 0. The molecule has 1 aliphatic heterocycles. The summed E-state index contributed by atoms with van der Waals surface area (Å²) >= 11 is 0. The van der Waals surface area contributed by atoms with Crippen LogP contribution in [0.25, 0.3) is 0 Å². The summed E-state index contributed by atoms with van der Waals surface area (Å²) in [7, 11) is 0. The van der Waals surface area contributed by atoms with Crippen LogP contribution in [0.5, 0.6) is 0 Å². The van der Waals surface area contributed by atoms with Crippen molar-refractivity contribution in [1.82, 2.24) is 9.88 Å². The van der Waals surface area contributed by atoms with E-state index < -0.39 is 0 Å². The SMILES string of the molecule is Cc1ccncc1C(=O)N1CCC[C@@H](C(=O)CCc2ccccc2)C1. The molecule has 1 aliphatic rings. The van der Waals surface area contributed by atoms with Gasteiger partial charge in [-0.1, -0.05) is 30.3 Å². The molecule has 1 aromatic carbocycles. The van der Waals surface area contributed by atoms with Gasteiger partial charge in [-0.2, -0.15) is 0 Å². The standard InChI is InChI=1S/C21H24N2O2/c1-16-11-12-22-14-19(16)21(25)23-13-5-8-18(15-23)20(24)10-9-17-6-3-2-4-7-17/h2-4,6-7,11-12,14,18H,5,8-10,13,15H2,1H3/t18-/m1/s1. The smallest absolute Gasteiger partial charge is 0.255 e. The van der Waals surface area contributed by atoms with E-state index in [1.165, 1.54) is 5.56 Å². The van der Waals surface area contributed by atoms with Gasteiger partial charge in [0.2, 0.25) is 0 Å². The Morgan fingerprint density at radius 2 is 2.00 bits per heavy atom. The molecule has 0 spiro atoms. The van der Waals surface area contributed by atoms with Crippen LogP contribution in [0.4, 0.5) is 0 Å². The Morgan fingerprint density at radius 3 is 2.76 bits per heavy atom. The zero-order valence-electron chi connectivity index (χ0n) is 14.6. The summed E-state index contributed by atoms with van der Waals surface area (Å²) in [6.07, 6.45) is 6.39. The average Bonchev–Trinajstić information content (AvgIpc) is 2.67. The van der Waals surface area contributed by atoms with E-state index in [0.717, 1.165) is 31.4 Å². The number of hydrogen-bond acceptors (Lipinski definition) is 3. The fourth-order valence-electron chi connectivity index (χ4n) is 3.40. The van der Waals surface area contributed by atoms with E-state index in [0.29, 0.717) is 18.5 Å². The van der Waals surface area contributed by atoms with Gasteiger partial charge in [-0.15, -0.1) is 0 Å². The lowest BCUT2D eigenvalue weighted by Gasteiger charge is -2.32. The molecule has 0 N–H and O–H groups in total. The molecule has 1 atom stereocenters. The molecule has 0 bridgehead atoms. The number of pyridine rings is 1. The lowest BCUT2D eigenvalue weighted by molar-refractivity contribution is -0.124.